The van der Waals surface area contributed by atoms with Gasteiger partial charge in [0.05, 0.1) is 5.69 Å². The molecular formula is C19H17BrClN3O2S. The number of aryl methyl sites for hydroxylation is 1. The predicted molar refractivity (Wildman–Crippen MR) is 115 cm³/mol. The number of rotatable bonds is 3. The van der Waals surface area contributed by atoms with E-state index in [0.717, 1.165) is 10.0 Å². The molecule has 1 saturated heterocycles. The van der Waals surface area contributed by atoms with Crippen LogP contribution in [-0.2, 0) is 9.59 Å². The highest BCUT2D eigenvalue weighted by molar-refractivity contribution is 9.10. The molecule has 1 aliphatic heterocycles. The van der Waals surface area contributed by atoms with Gasteiger partial charge >= 0.3 is 0 Å². The summed E-state index contributed by atoms with van der Waals surface area (Å²) in [5.74, 6) is -0.375. The van der Waals surface area contributed by atoms with E-state index in [1.165, 1.54) is 16.7 Å². The lowest BCUT2D eigenvalue weighted by Gasteiger charge is -2.28. The summed E-state index contributed by atoms with van der Waals surface area (Å²) in [5, 5.41) is 3.39. The van der Waals surface area contributed by atoms with Crippen LogP contribution in [0.25, 0.3) is 0 Å². The molecule has 3 rings (SSSR count). The molecule has 1 atom stereocenters. The van der Waals surface area contributed by atoms with Crippen molar-refractivity contribution in [2.45, 2.75) is 18.6 Å². The van der Waals surface area contributed by atoms with Crippen LogP contribution in [0.2, 0.25) is 5.02 Å². The first-order valence-corrected chi connectivity index (χ1v) is 10.2. The number of halogens is 2. The molecule has 1 aliphatic rings. The largest absolute Gasteiger partial charge is 0.325 e. The third-order valence-electron chi connectivity index (χ3n) is 4.05. The highest BCUT2D eigenvalue weighted by atomic mass is 79.9. The fourth-order valence-electron chi connectivity index (χ4n) is 2.42. The molecule has 0 aromatic heterocycles. The van der Waals surface area contributed by atoms with E-state index in [-0.39, 0.29) is 18.2 Å². The van der Waals surface area contributed by atoms with Crippen LogP contribution in [0.5, 0.6) is 0 Å². The number of amides is 2. The molecule has 1 heterocycles. The number of anilines is 1. The molecule has 0 bridgehead atoms. The molecule has 0 radical (unpaired) electrons. The van der Waals surface area contributed by atoms with Gasteiger partial charge in [0.2, 0.25) is 11.8 Å². The number of benzene rings is 2. The number of nitrogens with zero attached hydrogens (tertiary/aromatic N) is 2. The van der Waals surface area contributed by atoms with Gasteiger partial charge in [0.1, 0.15) is 5.25 Å². The number of carbonyl (C=O) groups is 2. The van der Waals surface area contributed by atoms with Crippen LogP contribution in [0.4, 0.5) is 11.4 Å². The third kappa shape index (κ3) is 4.91. The molecule has 0 unspecified atom stereocenters. The van der Waals surface area contributed by atoms with E-state index in [2.05, 4.69) is 26.2 Å². The molecule has 1 fully saturated rings. The van der Waals surface area contributed by atoms with Gasteiger partial charge in [0.15, 0.2) is 5.17 Å². The van der Waals surface area contributed by atoms with E-state index in [9.17, 15) is 9.59 Å². The van der Waals surface area contributed by atoms with Crippen molar-refractivity contribution in [3.63, 3.8) is 0 Å². The van der Waals surface area contributed by atoms with Gasteiger partial charge in [-0.2, -0.15) is 0 Å². The lowest BCUT2D eigenvalue weighted by molar-refractivity contribution is -0.128. The third-order valence-corrected chi connectivity index (χ3v) is 6.23. The van der Waals surface area contributed by atoms with Crippen molar-refractivity contribution in [3.8, 4) is 0 Å². The minimum atomic E-state index is -0.544. The Labute approximate surface area is 175 Å². The fourth-order valence-corrected chi connectivity index (χ4v) is 3.92. The standard InChI is InChI=1S/C19H17BrClN3O2S/c1-11-3-6-14(9-15(11)21)23-19-24(2)17(25)10-16(27-19)18(26)22-13-7-4-12(20)5-8-13/h3-9,16H,10H2,1-2H3,(H,22,26)/t16-/m1/s1. The minimum absolute atomic E-state index is 0.122. The molecule has 0 aliphatic carbocycles. The number of hydrogen-bond donors (Lipinski definition) is 1. The average Bonchev–Trinajstić information content (AvgIpc) is 2.63. The number of aliphatic imine (C=N–C) groups is 1. The van der Waals surface area contributed by atoms with Crippen LogP contribution >= 0.6 is 39.3 Å². The maximum absolute atomic E-state index is 12.6. The molecule has 2 aromatic carbocycles. The van der Waals surface area contributed by atoms with Gasteiger partial charge in [-0.1, -0.05) is 45.4 Å². The van der Waals surface area contributed by atoms with E-state index >= 15 is 0 Å². The lowest BCUT2D eigenvalue weighted by Crippen LogP contribution is -2.43. The maximum atomic E-state index is 12.6. The summed E-state index contributed by atoms with van der Waals surface area (Å²) in [4.78, 5) is 30.9. The zero-order valence-corrected chi connectivity index (χ0v) is 17.9. The second-order valence-electron chi connectivity index (χ2n) is 6.09. The summed E-state index contributed by atoms with van der Waals surface area (Å²) >= 11 is 10.8. The fraction of sp³-hybridized carbons (Fsp3) is 0.211. The SMILES string of the molecule is Cc1ccc(N=C2S[C@@H](C(=O)Nc3ccc(Br)cc3)CC(=O)N2C)cc1Cl. The molecule has 1 N–H and O–H groups in total. The summed E-state index contributed by atoms with van der Waals surface area (Å²) in [6, 6.07) is 12.7. The number of hydrogen-bond acceptors (Lipinski definition) is 4. The Morgan fingerprint density at radius 2 is 2.00 bits per heavy atom. The Bertz CT molecular complexity index is 918. The minimum Gasteiger partial charge on any atom is -0.325 e. The first kappa shape index (κ1) is 19.9. The van der Waals surface area contributed by atoms with Gasteiger partial charge in [-0.15, -0.1) is 0 Å². The number of carbonyl (C=O) groups excluding carboxylic acids is 2. The van der Waals surface area contributed by atoms with Crippen LogP contribution in [0.1, 0.15) is 12.0 Å². The molecule has 2 aromatic rings. The first-order valence-electron chi connectivity index (χ1n) is 8.18. The monoisotopic (exact) mass is 465 g/mol. The lowest BCUT2D eigenvalue weighted by atomic mass is 10.2. The van der Waals surface area contributed by atoms with Crippen LogP contribution in [0.15, 0.2) is 51.9 Å². The van der Waals surface area contributed by atoms with Gasteiger partial charge in [-0.3, -0.25) is 14.5 Å². The molecule has 140 valence electrons. The summed E-state index contributed by atoms with van der Waals surface area (Å²) < 4.78 is 0.926. The maximum Gasteiger partial charge on any atom is 0.238 e. The Hall–Kier alpha value is -1.83. The van der Waals surface area contributed by atoms with E-state index in [1.807, 2.05) is 31.2 Å². The van der Waals surface area contributed by atoms with E-state index in [0.29, 0.717) is 21.6 Å². The zero-order valence-electron chi connectivity index (χ0n) is 14.7. The molecule has 8 heteroatoms. The topological polar surface area (TPSA) is 61.8 Å². The quantitative estimate of drug-likeness (QED) is 0.692. The summed E-state index contributed by atoms with van der Waals surface area (Å²) in [5.41, 5.74) is 2.27. The van der Waals surface area contributed by atoms with Crippen molar-refractivity contribution in [3.05, 3.63) is 57.5 Å². The zero-order chi connectivity index (χ0) is 19.6. The van der Waals surface area contributed by atoms with Gasteiger partial charge in [0, 0.05) is 28.7 Å². The molecule has 0 saturated carbocycles. The normalized spacial score (nSPS) is 18.7. The number of amidine groups is 1. The molecular weight excluding hydrogens is 450 g/mol. The van der Waals surface area contributed by atoms with E-state index < -0.39 is 5.25 Å². The Morgan fingerprint density at radius 1 is 1.30 bits per heavy atom. The Morgan fingerprint density at radius 3 is 2.67 bits per heavy atom. The molecule has 2 amide bonds. The second kappa shape index (κ2) is 8.46. The molecule has 0 spiro atoms. The van der Waals surface area contributed by atoms with Crippen LogP contribution in [0, 0.1) is 6.92 Å². The van der Waals surface area contributed by atoms with Crippen molar-refractivity contribution in [2.24, 2.45) is 4.99 Å². The van der Waals surface area contributed by atoms with Gasteiger partial charge in [-0.05, 0) is 48.9 Å². The van der Waals surface area contributed by atoms with E-state index in [4.69, 9.17) is 11.6 Å². The second-order valence-corrected chi connectivity index (χ2v) is 8.58. The highest BCUT2D eigenvalue weighted by Crippen LogP contribution is 2.30. The van der Waals surface area contributed by atoms with Crippen molar-refractivity contribution in [2.75, 3.05) is 12.4 Å². The van der Waals surface area contributed by atoms with Gasteiger partial charge in [-0.25, -0.2) is 4.99 Å². The predicted octanol–water partition coefficient (Wildman–Crippen LogP) is 5.00. The molecule has 5 nitrogen and oxygen atoms in total. The summed E-state index contributed by atoms with van der Waals surface area (Å²) in [6.07, 6.45) is 0.122. The van der Waals surface area contributed by atoms with Gasteiger partial charge < -0.3 is 5.32 Å². The Kier molecular flexibility index (Phi) is 6.24. The highest BCUT2D eigenvalue weighted by Gasteiger charge is 2.34. The van der Waals surface area contributed by atoms with E-state index in [1.54, 1.807) is 25.2 Å². The van der Waals surface area contributed by atoms with Crippen LogP contribution in [-0.4, -0.2) is 34.2 Å². The molecule has 27 heavy (non-hydrogen) atoms. The van der Waals surface area contributed by atoms with Crippen LogP contribution in [0.3, 0.4) is 0 Å². The number of thioether (sulfide) groups is 1. The summed E-state index contributed by atoms with van der Waals surface area (Å²) in [7, 11) is 1.66. The number of nitrogens with one attached hydrogen (secondary N) is 1. The first-order chi connectivity index (χ1) is 12.8. The average molecular weight is 467 g/mol. The van der Waals surface area contributed by atoms with Crippen molar-refractivity contribution >= 4 is 67.6 Å². The smallest absolute Gasteiger partial charge is 0.238 e. The van der Waals surface area contributed by atoms with Gasteiger partial charge in [0.25, 0.3) is 0 Å². The van der Waals surface area contributed by atoms with Crippen molar-refractivity contribution in [1.82, 2.24) is 4.90 Å². The summed E-state index contributed by atoms with van der Waals surface area (Å²) in [6.45, 7) is 1.91. The van der Waals surface area contributed by atoms with Crippen molar-refractivity contribution < 1.29 is 9.59 Å². The van der Waals surface area contributed by atoms with Crippen LogP contribution < -0.4 is 5.32 Å². The van der Waals surface area contributed by atoms with Crippen molar-refractivity contribution in [1.29, 1.82) is 0 Å². The Balaban J connectivity index is 1.78.